The third-order valence-corrected chi connectivity index (χ3v) is 3.14. The van der Waals surface area contributed by atoms with Gasteiger partial charge in [-0.2, -0.15) is 0 Å². The van der Waals surface area contributed by atoms with E-state index in [4.69, 9.17) is 0 Å². The first-order chi connectivity index (χ1) is 8.69. The molecule has 0 unspecified atom stereocenters. The molecule has 0 atom stereocenters. The van der Waals surface area contributed by atoms with E-state index in [9.17, 15) is 4.79 Å². The second-order valence-corrected chi connectivity index (χ2v) is 4.85. The van der Waals surface area contributed by atoms with Crippen molar-refractivity contribution in [1.29, 1.82) is 0 Å². The van der Waals surface area contributed by atoms with E-state index in [0.29, 0.717) is 12.1 Å². The van der Waals surface area contributed by atoms with Gasteiger partial charge in [-0.1, -0.05) is 23.5 Å². The van der Waals surface area contributed by atoms with Crippen molar-refractivity contribution in [3.8, 4) is 0 Å². The summed E-state index contributed by atoms with van der Waals surface area (Å²) < 4.78 is 4.64. The van der Waals surface area contributed by atoms with Gasteiger partial charge in [0.2, 0.25) is 5.13 Å². The minimum Gasteiger partial charge on any atom is -0.465 e. The molecule has 0 aliphatic heterocycles. The number of ether oxygens (including phenoxy) is 1. The summed E-state index contributed by atoms with van der Waals surface area (Å²) in [5.41, 5.74) is 1.61. The third-order valence-electron chi connectivity index (χ3n) is 2.34. The summed E-state index contributed by atoms with van der Waals surface area (Å²) in [7, 11) is 1.37. The fourth-order valence-corrected chi connectivity index (χ4v) is 2.01. The van der Waals surface area contributed by atoms with E-state index in [1.807, 2.05) is 19.1 Å². The quantitative estimate of drug-likeness (QED) is 0.857. The number of rotatable bonds is 4. The van der Waals surface area contributed by atoms with Crippen LogP contribution in [0.15, 0.2) is 24.3 Å². The van der Waals surface area contributed by atoms with Gasteiger partial charge < -0.3 is 10.1 Å². The molecule has 6 heteroatoms. The SMILES string of the molecule is COC(=O)c1ccc(CNc2nnc(C)s2)cc1. The summed E-state index contributed by atoms with van der Waals surface area (Å²) in [6.45, 7) is 2.56. The lowest BCUT2D eigenvalue weighted by atomic mass is 10.1. The molecule has 0 amide bonds. The number of anilines is 1. The van der Waals surface area contributed by atoms with Crippen molar-refractivity contribution < 1.29 is 9.53 Å². The van der Waals surface area contributed by atoms with Crippen LogP contribution in [0, 0.1) is 6.92 Å². The van der Waals surface area contributed by atoms with E-state index in [1.165, 1.54) is 18.4 Å². The molecular formula is C12H13N3O2S. The third kappa shape index (κ3) is 3.04. The molecule has 0 radical (unpaired) electrons. The van der Waals surface area contributed by atoms with Crippen molar-refractivity contribution in [1.82, 2.24) is 10.2 Å². The minimum atomic E-state index is -0.325. The highest BCUT2D eigenvalue weighted by Crippen LogP contribution is 2.15. The maximum Gasteiger partial charge on any atom is 0.337 e. The number of benzene rings is 1. The molecule has 0 saturated carbocycles. The van der Waals surface area contributed by atoms with Crippen molar-refractivity contribution in [2.75, 3.05) is 12.4 Å². The number of methoxy groups -OCH3 is 1. The van der Waals surface area contributed by atoms with Crippen molar-refractivity contribution in [2.45, 2.75) is 13.5 Å². The highest BCUT2D eigenvalue weighted by atomic mass is 32.1. The molecule has 0 aliphatic rings. The van der Waals surface area contributed by atoms with Crippen molar-refractivity contribution in [3.05, 3.63) is 40.4 Å². The van der Waals surface area contributed by atoms with Crippen LogP contribution in [0.2, 0.25) is 0 Å². The molecule has 18 heavy (non-hydrogen) atoms. The van der Waals surface area contributed by atoms with Gasteiger partial charge in [0, 0.05) is 6.54 Å². The van der Waals surface area contributed by atoms with Crippen LogP contribution in [0.1, 0.15) is 20.9 Å². The van der Waals surface area contributed by atoms with Gasteiger partial charge in [0.05, 0.1) is 12.7 Å². The molecule has 0 fully saturated rings. The number of hydrogen-bond acceptors (Lipinski definition) is 6. The van der Waals surface area contributed by atoms with Gasteiger partial charge in [-0.15, -0.1) is 10.2 Å². The Morgan fingerprint density at radius 2 is 2.06 bits per heavy atom. The van der Waals surface area contributed by atoms with Crippen LogP contribution in [-0.2, 0) is 11.3 Å². The second kappa shape index (κ2) is 5.59. The second-order valence-electron chi connectivity index (χ2n) is 3.67. The lowest BCUT2D eigenvalue weighted by molar-refractivity contribution is 0.0600. The Labute approximate surface area is 109 Å². The Balaban J connectivity index is 1.96. The molecule has 0 aliphatic carbocycles. The molecular weight excluding hydrogens is 250 g/mol. The Kier molecular flexibility index (Phi) is 3.88. The Morgan fingerprint density at radius 3 is 2.61 bits per heavy atom. The lowest BCUT2D eigenvalue weighted by Crippen LogP contribution is -2.02. The van der Waals surface area contributed by atoms with Crippen LogP contribution < -0.4 is 5.32 Å². The predicted molar refractivity (Wildman–Crippen MR) is 69.8 cm³/mol. The zero-order valence-corrected chi connectivity index (χ0v) is 11.0. The molecule has 1 heterocycles. The van der Waals surface area contributed by atoms with Crippen molar-refractivity contribution >= 4 is 22.4 Å². The fraction of sp³-hybridized carbons (Fsp3) is 0.250. The summed E-state index contributed by atoms with van der Waals surface area (Å²) in [5.74, 6) is -0.325. The Bertz CT molecular complexity index is 537. The first kappa shape index (κ1) is 12.5. The molecule has 1 aromatic heterocycles. The monoisotopic (exact) mass is 263 g/mol. The smallest absolute Gasteiger partial charge is 0.337 e. The normalized spacial score (nSPS) is 10.1. The first-order valence-corrected chi connectivity index (χ1v) is 6.22. The summed E-state index contributed by atoms with van der Waals surface area (Å²) in [5, 5.41) is 12.8. The average molecular weight is 263 g/mol. The number of carbonyl (C=O) groups is 1. The number of nitrogens with one attached hydrogen (secondary N) is 1. The summed E-state index contributed by atoms with van der Waals surface area (Å²) in [6, 6.07) is 7.25. The van der Waals surface area contributed by atoms with E-state index in [1.54, 1.807) is 12.1 Å². The van der Waals surface area contributed by atoms with Crippen LogP contribution in [0.25, 0.3) is 0 Å². The van der Waals surface area contributed by atoms with Crippen molar-refractivity contribution in [2.24, 2.45) is 0 Å². The standard InChI is InChI=1S/C12H13N3O2S/c1-8-14-15-12(18-8)13-7-9-3-5-10(6-4-9)11(16)17-2/h3-6H,7H2,1-2H3,(H,13,15). The Morgan fingerprint density at radius 1 is 1.33 bits per heavy atom. The summed E-state index contributed by atoms with van der Waals surface area (Å²) in [6.07, 6.45) is 0. The number of hydrogen-bond donors (Lipinski definition) is 1. The zero-order chi connectivity index (χ0) is 13.0. The van der Waals surface area contributed by atoms with E-state index in [2.05, 4.69) is 20.3 Å². The Hall–Kier alpha value is -1.95. The van der Waals surface area contributed by atoms with Gasteiger partial charge in [-0.25, -0.2) is 4.79 Å². The molecule has 0 saturated heterocycles. The largest absolute Gasteiger partial charge is 0.465 e. The fourth-order valence-electron chi connectivity index (χ4n) is 1.42. The molecule has 2 rings (SSSR count). The van der Waals surface area contributed by atoms with Gasteiger partial charge >= 0.3 is 5.97 Å². The minimum absolute atomic E-state index is 0.325. The van der Waals surface area contributed by atoms with Gasteiger partial charge in [0.15, 0.2) is 0 Å². The molecule has 0 bridgehead atoms. The van der Waals surface area contributed by atoms with Crippen LogP contribution in [-0.4, -0.2) is 23.3 Å². The van der Waals surface area contributed by atoms with E-state index in [-0.39, 0.29) is 5.97 Å². The average Bonchev–Trinajstić information content (AvgIpc) is 2.82. The number of carbonyl (C=O) groups excluding carboxylic acids is 1. The maximum atomic E-state index is 11.3. The highest BCUT2D eigenvalue weighted by molar-refractivity contribution is 7.15. The van der Waals surface area contributed by atoms with E-state index >= 15 is 0 Å². The summed E-state index contributed by atoms with van der Waals surface area (Å²) >= 11 is 1.51. The highest BCUT2D eigenvalue weighted by Gasteiger charge is 2.04. The van der Waals surface area contributed by atoms with Gasteiger partial charge in [0.1, 0.15) is 5.01 Å². The molecule has 1 N–H and O–H groups in total. The molecule has 1 aromatic carbocycles. The van der Waals surface area contributed by atoms with Crippen LogP contribution >= 0.6 is 11.3 Å². The molecule has 2 aromatic rings. The number of aromatic nitrogens is 2. The predicted octanol–water partition coefficient (Wildman–Crippen LogP) is 2.25. The van der Waals surface area contributed by atoms with Crippen LogP contribution in [0.3, 0.4) is 0 Å². The number of aryl methyl sites for hydroxylation is 1. The van der Waals surface area contributed by atoms with E-state index in [0.717, 1.165) is 15.7 Å². The first-order valence-electron chi connectivity index (χ1n) is 5.40. The molecule has 0 spiro atoms. The van der Waals surface area contributed by atoms with Crippen molar-refractivity contribution in [3.63, 3.8) is 0 Å². The van der Waals surface area contributed by atoms with E-state index < -0.39 is 0 Å². The number of esters is 1. The molecule has 5 nitrogen and oxygen atoms in total. The van der Waals surface area contributed by atoms with Crippen LogP contribution in [0.5, 0.6) is 0 Å². The zero-order valence-electron chi connectivity index (χ0n) is 10.1. The number of nitrogens with zero attached hydrogens (tertiary/aromatic N) is 2. The molecule has 94 valence electrons. The maximum absolute atomic E-state index is 11.3. The van der Waals surface area contributed by atoms with Gasteiger partial charge in [-0.3, -0.25) is 0 Å². The van der Waals surface area contributed by atoms with Gasteiger partial charge in [-0.05, 0) is 24.6 Å². The lowest BCUT2D eigenvalue weighted by Gasteiger charge is -2.03. The van der Waals surface area contributed by atoms with Crippen LogP contribution in [0.4, 0.5) is 5.13 Å². The topological polar surface area (TPSA) is 64.1 Å². The summed E-state index contributed by atoms with van der Waals surface area (Å²) in [4.78, 5) is 11.3. The van der Waals surface area contributed by atoms with Gasteiger partial charge in [0.25, 0.3) is 0 Å².